The summed E-state index contributed by atoms with van der Waals surface area (Å²) in [5.41, 5.74) is 0.737. The molecule has 7 heteroatoms. The molecule has 0 aliphatic carbocycles. The molecular weight excluding hydrogens is 258 g/mol. The Kier molecular flexibility index (Phi) is 3.60. The maximum absolute atomic E-state index is 11.9. The average molecular weight is 271 g/mol. The fraction of sp³-hybridized carbons (Fsp3) is 0.300. The summed E-state index contributed by atoms with van der Waals surface area (Å²) in [6, 6.07) is 5.21. The highest BCUT2D eigenvalue weighted by atomic mass is 32.2. The van der Waals surface area contributed by atoms with Crippen molar-refractivity contribution >= 4 is 21.4 Å². The van der Waals surface area contributed by atoms with Gasteiger partial charge in [0.05, 0.1) is 12.2 Å². The SMILES string of the molecule is CCc1ccc(S(=O)(=O)NCc2ccn[nH]2)s1. The van der Waals surface area contributed by atoms with Crippen LogP contribution in [0, 0.1) is 0 Å². The Labute approximate surface area is 104 Å². The van der Waals surface area contributed by atoms with Crippen LogP contribution >= 0.6 is 11.3 Å². The predicted molar refractivity (Wildman–Crippen MR) is 66.3 cm³/mol. The molecule has 0 radical (unpaired) electrons. The van der Waals surface area contributed by atoms with Crippen molar-refractivity contribution in [3.8, 4) is 0 Å². The maximum Gasteiger partial charge on any atom is 0.250 e. The normalized spacial score (nSPS) is 11.8. The first-order chi connectivity index (χ1) is 8.12. The Bertz CT molecular complexity index is 572. The summed E-state index contributed by atoms with van der Waals surface area (Å²) >= 11 is 1.30. The third kappa shape index (κ3) is 2.93. The molecule has 0 saturated heterocycles. The summed E-state index contributed by atoms with van der Waals surface area (Å²) in [4.78, 5) is 1.06. The van der Waals surface area contributed by atoms with Gasteiger partial charge in [-0.25, -0.2) is 13.1 Å². The number of H-pyrrole nitrogens is 1. The first-order valence-corrected chi connectivity index (χ1v) is 7.48. The third-order valence-electron chi connectivity index (χ3n) is 2.26. The molecule has 0 saturated carbocycles. The van der Waals surface area contributed by atoms with Crippen molar-refractivity contribution in [2.75, 3.05) is 0 Å². The molecule has 2 aromatic rings. The smallest absolute Gasteiger partial charge is 0.250 e. The van der Waals surface area contributed by atoms with Crippen LogP contribution in [0.15, 0.2) is 28.6 Å². The molecule has 17 heavy (non-hydrogen) atoms. The van der Waals surface area contributed by atoms with E-state index in [1.165, 1.54) is 11.3 Å². The van der Waals surface area contributed by atoms with Gasteiger partial charge in [-0.3, -0.25) is 5.10 Å². The van der Waals surface area contributed by atoms with Gasteiger partial charge in [0.15, 0.2) is 0 Å². The van der Waals surface area contributed by atoms with Gasteiger partial charge in [-0.05, 0) is 24.6 Å². The molecule has 2 aromatic heterocycles. The number of thiophene rings is 1. The van der Waals surface area contributed by atoms with Crippen molar-refractivity contribution in [2.45, 2.75) is 24.1 Å². The predicted octanol–water partition coefficient (Wildman–Crippen LogP) is 1.51. The van der Waals surface area contributed by atoms with E-state index in [9.17, 15) is 8.42 Å². The van der Waals surface area contributed by atoms with Crippen LogP contribution < -0.4 is 4.72 Å². The van der Waals surface area contributed by atoms with Crippen LogP contribution in [0.25, 0.3) is 0 Å². The van der Waals surface area contributed by atoms with E-state index < -0.39 is 10.0 Å². The van der Waals surface area contributed by atoms with Crippen LogP contribution in [0.1, 0.15) is 17.5 Å². The van der Waals surface area contributed by atoms with Crippen LogP contribution in [-0.2, 0) is 23.0 Å². The molecule has 0 aromatic carbocycles. The number of sulfonamides is 1. The van der Waals surface area contributed by atoms with Crippen LogP contribution in [-0.4, -0.2) is 18.6 Å². The molecule has 0 aliphatic rings. The highest BCUT2D eigenvalue weighted by Gasteiger charge is 2.16. The average Bonchev–Trinajstić information content (AvgIpc) is 2.98. The van der Waals surface area contributed by atoms with Crippen LogP contribution in [0.2, 0.25) is 0 Å². The number of hydrogen-bond donors (Lipinski definition) is 2. The Morgan fingerprint density at radius 1 is 1.41 bits per heavy atom. The number of nitrogens with zero attached hydrogens (tertiary/aromatic N) is 1. The van der Waals surface area contributed by atoms with Gasteiger partial charge >= 0.3 is 0 Å². The van der Waals surface area contributed by atoms with E-state index in [1.807, 2.05) is 13.0 Å². The highest BCUT2D eigenvalue weighted by Crippen LogP contribution is 2.21. The molecule has 92 valence electrons. The number of aromatic nitrogens is 2. The second kappa shape index (κ2) is 4.99. The minimum absolute atomic E-state index is 0.224. The molecule has 0 amide bonds. The molecule has 0 aliphatic heterocycles. The largest absolute Gasteiger partial charge is 0.281 e. The molecule has 0 unspecified atom stereocenters. The van der Waals surface area contributed by atoms with E-state index >= 15 is 0 Å². The molecule has 0 bridgehead atoms. The lowest BCUT2D eigenvalue weighted by molar-refractivity contribution is 0.582. The van der Waals surface area contributed by atoms with Gasteiger partial charge in [0.1, 0.15) is 4.21 Å². The lowest BCUT2D eigenvalue weighted by Gasteiger charge is -2.02. The Morgan fingerprint density at radius 2 is 2.24 bits per heavy atom. The summed E-state index contributed by atoms with van der Waals surface area (Å²) in [7, 11) is -3.40. The zero-order valence-electron chi connectivity index (χ0n) is 9.30. The summed E-state index contributed by atoms with van der Waals surface area (Å²) < 4.78 is 26.7. The standard InChI is InChI=1S/C10H13N3O2S2/c1-2-9-3-4-10(16-9)17(14,15)12-7-8-5-6-11-13-8/h3-6,12H,2,7H2,1H3,(H,11,13). The van der Waals surface area contributed by atoms with Gasteiger partial charge in [-0.1, -0.05) is 6.92 Å². The minimum Gasteiger partial charge on any atom is -0.281 e. The van der Waals surface area contributed by atoms with Gasteiger partial charge in [0.2, 0.25) is 10.0 Å². The van der Waals surface area contributed by atoms with Gasteiger partial charge in [0.25, 0.3) is 0 Å². The van der Waals surface area contributed by atoms with Gasteiger partial charge in [0, 0.05) is 11.1 Å². The van der Waals surface area contributed by atoms with E-state index in [-0.39, 0.29) is 6.54 Å². The fourth-order valence-electron chi connectivity index (χ4n) is 1.32. The van der Waals surface area contributed by atoms with Gasteiger partial charge in [-0.2, -0.15) is 5.10 Å². The Hall–Kier alpha value is -1.18. The molecule has 2 N–H and O–H groups in total. The zero-order valence-corrected chi connectivity index (χ0v) is 10.9. The number of aryl methyl sites for hydroxylation is 1. The quantitative estimate of drug-likeness (QED) is 0.865. The van der Waals surface area contributed by atoms with Crippen molar-refractivity contribution in [3.05, 3.63) is 35.0 Å². The van der Waals surface area contributed by atoms with Crippen molar-refractivity contribution in [1.82, 2.24) is 14.9 Å². The second-order valence-corrected chi connectivity index (χ2v) is 6.64. The minimum atomic E-state index is -3.40. The van der Waals surface area contributed by atoms with Crippen LogP contribution in [0.4, 0.5) is 0 Å². The monoisotopic (exact) mass is 271 g/mol. The summed E-state index contributed by atoms with van der Waals surface area (Å²) in [5, 5.41) is 6.46. The lowest BCUT2D eigenvalue weighted by Crippen LogP contribution is -2.22. The molecule has 5 nitrogen and oxygen atoms in total. The first kappa shape index (κ1) is 12.3. The summed E-state index contributed by atoms with van der Waals surface area (Å²) in [6.07, 6.45) is 2.44. The Balaban J connectivity index is 2.08. The maximum atomic E-state index is 11.9. The van der Waals surface area contributed by atoms with E-state index in [2.05, 4.69) is 14.9 Å². The molecule has 0 fully saturated rings. The molecule has 0 spiro atoms. The van der Waals surface area contributed by atoms with E-state index in [1.54, 1.807) is 18.3 Å². The number of rotatable bonds is 5. The van der Waals surface area contributed by atoms with Crippen LogP contribution in [0.5, 0.6) is 0 Å². The molecule has 2 rings (SSSR count). The number of nitrogens with one attached hydrogen (secondary N) is 2. The summed E-state index contributed by atoms with van der Waals surface area (Å²) in [5.74, 6) is 0. The van der Waals surface area contributed by atoms with Crippen molar-refractivity contribution in [2.24, 2.45) is 0 Å². The molecule has 2 heterocycles. The zero-order chi connectivity index (χ0) is 12.3. The number of aromatic amines is 1. The van der Waals surface area contributed by atoms with Gasteiger partial charge < -0.3 is 0 Å². The Morgan fingerprint density at radius 3 is 2.82 bits per heavy atom. The fourth-order valence-corrected chi connectivity index (χ4v) is 3.67. The van der Waals surface area contributed by atoms with Crippen molar-refractivity contribution in [1.29, 1.82) is 0 Å². The number of hydrogen-bond acceptors (Lipinski definition) is 4. The molecule has 0 atom stereocenters. The highest BCUT2D eigenvalue weighted by molar-refractivity contribution is 7.91. The van der Waals surface area contributed by atoms with Crippen LogP contribution in [0.3, 0.4) is 0 Å². The van der Waals surface area contributed by atoms with Crippen molar-refractivity contribution < 1.29 is 8.42 Å². The van der Waals surface area contributed by atoms with Crippen molar-refractivity contribution in [3.63, 3.8) is 0 Å². The summed E-state index contributed by atoms with van der Waals surface area (Å²) in [6.45, 7) is 2.22. The topological polar surface area (TPSA) is 74.8 Å². The molecular formula is C10H13N3O2S2. The van der Waals surface area contributed by atoms with E-state index in [0.717, 1.165) is 17.0 Å². The van der Waals surface area contributed by atoms with E-state index in [4.69, 9.17) is 0 Å². The third-order valence-corrected chi connectivity index (χ3v) is 5.38. The lowest BCUT2D eigenvalue weighted by atomic mass is 10.4. The van der Waals surface area contributed by atoms with E-state index in [0.29, 0.717) is 4.21 Å². The first-order valence-electron chi connectivity index (χ1n) is 5.18. The van der Waals surface area contributed by atoms with Gasteiger partial charge in [-0.15, -0.1) is 11.3 Å². The second-order valence-electron chi connectivity index (χ2n) is 3.48.